The summed E-state index contributed by atoms with van der Waals surface area (Å²) in [6.07, 6.45) is 3.77. The minimum atomic E-state index is -0.182. The lowest BCUT2D eigenvalue weighted by Gasteiger charge is -2.13. The first-order valence-corrected chi connectivity index (χ1v) is 10.6. The van der Waals surface area contributed by atoms with Crippen molar-refractivity contribution in [1.82, 2.24) is 15.3 Å². The van der Waals surface area contributed by atoms with Crippen molar-refractivity contribution in [2.75, 3.05) is 13.2 Å². The molecule has 0 aliphatic heterocycles. The van der Waals surface area contributed by atoms with E-state index in [0.717, 1.165) is 29.2 Å². The van der Waals surface area contributed by atoms with Gasteiger partial charge in [0.2, 0.25) is 0 Å². The number of amides is 1. The molecule has 152 valence electrons. The van der Waals surface area contributed by atoms with Gasteiger partial charge in [0.1, 0.15) is 5.01 Å². The Morgan fingerprint density at radius 2 is 2.03 bits per heavy atom. The van der Waals surface area contributed by atoms with E-state index in [-0.39, 0.29) is 5.91 Å². The molecule has 7 heteroatoms. The molecule has 6 nitrogen and oxygen atoms in total. The van der Waals surface area contributed by atoms with Gasteiger partial charge in [0.15, 0.2) is 11.5 Å². The van der Waals surface area contributed by atoms with Crippen LogP contribution < -0.4 is 14.8 Å². The van der Waals surface area contributed by atoms with Crippen LogP contribution >= 0.6 is 11.3 Å². The number of hydrogen-bond acceptors (Lipinski definition) is 6. The van der Waals surface area contributed by atoms with E-state index >= 15 is 0 Å². The number of carbonyl (C=O) groups is 1. The zero-order valence-corrected chi connectivity index (χ0v) is 17.5. The first-order valence-electron chi connectivity index (χ1n) is 9.75. The monoisotopic (exact) mass is 411 g/mol. The van der Waals surface area contributed by atoms with Crippen LogP contribution in [0.15, 0.2) is 48.0 Å². The lowest BCUT2D eigenvalue weighted by Crippen LogP contribution is -2.23. The van der Waals surface area contributed by atoms with Gasteiger partial charge in [0, 0.05) is 17.1 Å². The van der Waals surface area contributed by atoms with Gasteiger partial charge in [0.05, 0.1) is 31.1 Å². The summed E-state index contributed by atoms with van der Waals surface area (Å²) in [5, 5.41) is 5.68. The van der Waals surface area contributed by atoms with E-state index in [1.807, 2.05) is 30.5 Å². The van der Waals surface area contributed by atoms with Crippen molar-refractivity contribution in [3.8, 4) is 22.2 Å². The highest BCUT2D eigenvalue weighted by Crippen LogP contribution is 2.29. The number of hydrogen-bond donors (Lipinski definition) is 1. The van der Waals surface area contributed by atoms with Crippen molar-refractivity contribution in [3.63, 3.8) is 0 Å². The van der Waals surface area contributed by atoms with Gasteiger partial charge in [0.25, 0.3) is 5.91 Å². The Balaban J connectivity index is 1.63. The van der Waals surface area contributed by atoms with Crippen LogP contribution in [0.2, 0.25) is 0 Å². The van der Waals surface area contributed by atoms with Crippen LogP contribution in [0.5, 0.6) is 11.5 Å². The average Bonchev–Trinajstić information content (AvgIpc) is 3.23. The predicted octanol–water partition coefficient (Wildman–Crippen LogP) is 4.71. The Kier molecular flexibility index (Phi) is 7.58. The number of benzene rings is 1. The van der Waals surface area contributed by atoms with E-state index < -0.39 is 0 Å². The molecule has 0 atom stereocenters. The fourth-order valence-corrected chi connectivity index (χ4v) is 3.43. The molecule has 3 aromatic rings. The van der Waals surface area contributed by atoms with E-state index in [0.29, 0.717) is 36.8 Å². The van der Waals surface area contributed by atoms with Crippen molar-refractivity contribution in [3.05, 3.63) is 59.2 Å². The highest BCUT2D eigenvalue weighted by molar-refractivity contribution is 7.13. The fraction of sp³-hybridized carbons (Fsp3) is 0.318. The van der Waals surface area contributed by atoms with Gasteiger partial charge in [-0.05, 0) is 43.7 Å². The van der Waals surface area contributed by atoms with Gasteiger partial charge >= 0.3 is 0 Å². The number of nitrogens with zero attached hydrogens (tertiary/aromatic N) is 2. The molecule has 1 N–H and O–H groups in total. The lowest BCUT2D eigenvalue weighted by molar-refractivity contribution is 0.0950. The zero-order chi connectivity index (χ0) is 20.5. The van der Waals surface area contributed by atoms with Crippen LogP contribution in [0.1, 0.15) is 42.7 Å². The van der Waals surface area contributed by atoms with E-state index in [1.54, 1.807) is 24.4 Å². The van der Waals surface area contributed by atoms with Gasteiger partial charge in [-0.25, -0.2) is 4.98 Å². The maximum atomic E-state index is 12.6. The topological polar surface area (TPSA) is 73.3 Å². The Morgan fingerprint density at radius 1 is 1.14 bits per heavy atom. The Hall–Kier alpha value is -2.93. The van der Waals surface area contributed by atoms with Gasteiger partial charge in [-0.1, -0.05) is 19.4 Å². The van der Waals surface area contributed by atoms with Crippen LogP contribution in [0.4, 0.5) is 0 Å². The normalized spacial score (nSPS) is 10.6. The predicted molar refractivity (Wildman–Crippen MR) is 115 cm³/mol. The van der Waals surface area contributed by atoms with Crippen LogP contribution in [0.3, 0.4) is 0 Å². The summed E-state index contributed by atoms with van der Waals surface area (Å²) in [5.41, 5.74) is 2.15. The van der Waals surface area contributed by atoms with Crippen molar-refractivity contribution >= 4 is 17.2 Å². The molecule has 1 amide bonds. The minimum Gasteiger partial charge on any atom is -0.490 e. The number of thiazole rings is 1. The minimum absolute atomic E-state index is 0.182. The van der Waals surface area contributed by atoms with Crippen molar-refractivity contribution < 1.29 is 14.3 Å². The highest BCUT2D eigenvalue weighted by atomic mass is 32.1. The summed E-state index contributed by atoms with van der Waals surface area (Å²) in [5.74, 6) is 1.07. The number of aromatic nitrogens is 2. The number of pyridine rings is 1. The summed E-state index contributed by atoms with van der Waals surface area (Å²) in [4.78, 5) is 21.4. The second-order valence-corrected chi connectivity index (χ2v) is 7.20. The van der Waals surface area contributed by atoms with E-state index in [9.17, 15) is 4.79 Å². The first kappa shape index (κ1) is 20.8. The third kappa shape index (κ3) is 5.77. The first-order chi connectivity index (χ1) is 14.2. The number of unbranched alkanes of at least 4 members (excludes halogenated alkanes) is 1. The Labute approximate surface area is 174 Å². The smallest absolute Gasteiger partial charge is 0.251 e. The highest BCUT2D eigenvalue weighted by Gasteiger charge is 2.13. The fourth-order valence-electron chi connectivity index (χ4n) is 2.63. The molecule has 1 aromatic carbocycles. The van der Waals surface area contributed by atoms with Gasteiger partial charge < -0.3 is 14.8 Å². The summed E-state index contributed by atoms with van der Waals surface area (Å²) >= 11 is 1.51. The second-order valence-electron chi connectivity index (χ2n) is 6.34. The molecule has 0 bridgehead atoms. The average molecular weight is 412 g/mol. The van der Waals surface area contributed by atoms with Gasteiger partial charge in [-0.15, -0.1) is 11.3 Å². The zero-order valence-electron chi connectivity index (χ0n) is 16.7. The molecule has 2 heterocycles. The molecule has 0 fully saturated rings. The second kappa shape index (κ2) is 10.6. The molecule has 0 saturated heterocycles. The van der Waals surface area contributed by atoms with Crippen LogP contribution in [0, 0.1) is 0 Å². The molecule has 2 aromatic heterocycles. The van der Waals surface area contributed by atoms with E-state index in [2.05, 4.69) is 22.2 Å². The number of ether oxygens (including phenoxy) is 2. The largest absolute Gasteiger partial charge is 0.490 e. The van der Waals surface area contributed by atoms with Crippen LogP contribution in [0.25, 0.3) is 10.7 Å². The number of rotatable bonds is 10. The number of nitrogens with one attached hydrogen (secondary N) is 1. The van der Waals surface area contributed by atoms with Crippen molar-refractivity contribution in [2.45, 2.75) is 33.2 Å². The summed E-state index contributed by atoms with van der Waals surface area (Å²) in [6, 6.07) is 11.0. The molecule has 0 radical (unpaired) electrons. The summed E-state index contributed by atoms with van der Waals surface area (Å²) < 4.78 is 11.4. The SMILES string of the molecule is CCCCOc1ccc(C(=O)NCc2csc(-c3ccccn3)n2)cc1OCC. The Morgan fingerprint density at radius 3 is 2.79 bits per heavy atom. The molecular formula is C22H25N3O3S. The molecule has 0 spiro atoms. The van der Waals surface area contributed by atoms with Crippen molar-refractivity contribution in [2.24, 2.45) is 0 Å². The molecule has 0 aliphatic carbocycles. The maximum absolute atomic E-state index is 12.6. The third-order valence-electron chi connectivity index (χ3n) is 4.13. The molecule has 0 aliphatic rings. The lowest BCUT2D eigenvalue weighted by atomic mass is 10.2. The van der Waals surface area contributed by atoms with E-state index in [1.165, 1.54) is 11.3 Å². The molecule has 0 saturated carbocycles. The standard InChI is InChI=1S/C22H25N3O3S/c1-3-5-12-28-19-10-9-16(13-20(19)27-4-2)21(26)24-14-17-15-29-22(25-17)18-8-6-7-11-23-18/h6-11,13,15H,3-5,12,14H2,1-2H3,(H,24,26). The third-order valence-corrected chi connectivity index (χ3v) is 5.04. The molecule has 3 rings (SSSR count). The number of carbonyl (C=O) groups excluding carboxylic acids is 1. The molecular weight excluding hydrogens is 386 g/mol. The summed E-state index contributed by atoms with van der Waals surface area (Å²) in [7, 11) is 0. The van der Waals surface area contributed by atoms with Gasteiger partial charge in [-0.2, -0.15) is 0 Å². The van der Waals surface area contributed by atoms with Crippen molar-refractivity contribution in [1.29, 1.82) is 0 Å². The Bertz CT molecular complexity index is 928. The maximum Gasteiger partial charge on any atom is 0.251 e. The van der Waals surface area contributed by atoms with Gasteiger partial charge in [-0.3, -0.25) is 9.78 Å². The quantitative estimate of drug-likeness (QED) is 0.489. The van der Waals surface area contributed by atoms with E-state index in [4.69, 9.17) is 9.47 Å². The molecule has 29 heavy (non-hydrogen) atoms. The van der Waals surface area contributed by atoms with Crippen LogP contribution in [-0.2, 0) is 6.54 Å². The van der Waals surface area contributed by atoms with Crippen LogP contribution in [-0.4, -0.2) is 29.1 Å². The summed E-state index contributed by atoms with van der Waals surface area (Å²) in [6.45, 7) is 5.50. The molecule has 0 unspecified atom stereocenters.